The number of alkyl halides is 3. The van der Waals surface area contributed by atoms with Gasteiger partial charge in [0.25, 0.3) is 0 Å². The zero-order chi connectivity index (χ0) is 23.8. The SMILES string of the molecule is CN(CCOCCCN1CCN(c2ccc(C#N)cn2)CC1)C1CNNC(=O)C1C(F)(F)F. The first-order valence-corrected chi connectivity index (χ1v) is 11.0. The summed E-state index contributed by atoms with van der Waals surface area (Å²) in [6, 6.07) is 4.74. The molecule has 1 aromatic rings. The number of carbonyl (C=O) groups excluding carboxylic acids is 1. The number of hydrogen-bond acceptors (Lipinski definition) is 8. The number of ether oxygens (including phenoxy) is 1. The Morgan fingerprint density at radius 3 is 2.67 bits per heavy atom. The van der Waals surface area contributed by atoms with Gasteiger partial charge in [-0.25, -0.2) is 10.4 Å². The quantitative estimate of drug-likeness (QED) is 0.508. The van der Waals surface area contributed by atoms with Gasteiger partial charge in [-0.2, -0.15) is 18.4 Å². The Morgan fingerprint density at radius 2 is 2.03 bits per heavy atom. The molecular weight excluding hydrogens is 439 g/mol. The fourth-order valence-electron chi connectivity index (χ4n) is 4.10. The highest BCUT2D eigenvalue weighted by atomic mass is 19.4. The summed E-state index contributed by atoms with van der Waals surface area (Å²) >= 11 is 0. The maximum Gasteiger partial charge on any atom is 0.402 e. The fourth-order valence-corrected chi connectivity index (χ4v) is 4.10. The average Bonchev–Trinajstić information content (AvgIpc) is 2.80. The molecular formula is C21H30F3N7O2. The third kappa shape index (κ3) is 7.01. The number of hydrogen-bond donors (Lipinski definition) is 2. The van der Waals surface area contributed by atoms with Crippen LogP contribution in [-0.4, -0.2) is 99.0 Å². The van der Waals surface area contributed by atoms with Gasteiger partial charge < -0.3 is 9.64 Å². The van der Waals surface area contributed by atoms with Crippen LogP contribution in [0.1, 0.15) is 12.0 Å². The number of nitriles is 1. The Hall–Kier alpha value is -2.46. The molecule has 1 amide bonds. The van der Waals surface area contributed by atoms with Gasteiger partial charge in [0.05, 0.1) is 12.2 Å². The van der Waals surface area contributed by atoms with E-state index < -0.39 is 24.0 Å². The van der Waals surface area contributed by atoms with Crippen molar-refractivity contribution in [2.45, 2.75) is 18.6 Å². The largest absolute Gasteiger partial charge is 0.402 e. The van der Waals surface area contributed by atoms with Gasteiger partial charge in [-0.05, 0) is 25.6 Å². The molecule has 0 radical (unpaired) electrons. The topological polar surface area (TPSA) is 96.8 Å². The van der Waals surface area contributed by atoms with Gasteiger partial charge in [-0.1, -0.05) is 0 Å². The first-order chi connectivity index (χ1) is 15.8. The third-order valence-corrected chi connectivity index (χ3v) is 6.03. The van der Waals surface area contributed by atoms with Gasteiger partial charge >= 0.3 is 6.18 Å². The van der Waals surface area contributed by atoms with Crippen molar-refractivity contribution in [3.05, 3.63) is 23.9 Å². The van der Waals surface area contributed by atoms with E-state index in [0.29, 0.717) is 25.3 Å². The van der Waals surface area contributed by atoms with E-state index in [9.17, 15) is 18.0 Å². The smallest absolute Gasteiger partial charge is 0.380 e. The van der Waals surface area contributed by atoms with E-state index in [1.807, 2.05) is 6.07 Å². The Morgan fingerprint density at radius 1 is 1.27 bits per heavy atom. The molecule has 2 unspecified atom stereocenters. The summed E-state index contributed by atoms with van der Waals surface area (Å²) in [4.78, 5) is 22.1. The Balaban J connectivity index is 1.29. The van der Waals surface area contributed by atoms with Crippen LogP contribution in [0, 0.1) is 17.2 Å². The molecule has 0 aliphatic carbocycles. The van der Waals surface area contributed by atoms with Crippen LogP contribution in [0.3, 0.4) is 0 Å². The van der Waals surface area contributed by atoms with Gasteiger partial charge in [-0.3, -0.25) is 20.0 Å². The minimum Gasteiger partial charge on any atom is -0.380 e. The van der Waals surface area contributed by atoms with Crippen molar-refractivity contribution >= 4 is 11.7 Å². The second kappa shape index (κ2) is 11.6. The highest BCUT2D eigenvalue weighted by molar-refractivity contribution is 5.80. The van der Waals surface area contributed by atoms with Crippen molar-refractivity contribution in [1.29, 1.82) is 5.26 Å². The molecule has 2 aliphatic rings. The Bertz CT molecular complexity index is 808. The molecule has 0 spiro atoms. The summed E-state index contributed by atoms with van der Waals surface area (Å²) in [6.07, 6.45) is -2.18. The van der Waals surface area contributed by atoms with Gasteiger partial charge in [0.15, 0.2) is 5.92 Å². The molecule has 2 fully saturated rings. The highest BCUT2D eigenvalue weighted by Gasteiger charge is 2.52. The van der Waals surface area contributed by atoms with E-state index in [4.69, 9.17) is 10.00 Å². The lowest BCUT2D eigenvalue weighted by Crippen LogP contribution is -2.64. The summed E-state index contributed by atoms with van der Waals surface area (Å²) in [5.41, 5.74) is 5.14. The molecule has 2 N–H and O–H groups in total. The number of hydrazine groups is 1. The summed E-state index contributed by atoms with van der Waals surface area (Å²) < 4.78 is 45.4. The fraction of sp³-hybridized carbons (Fsp3) is 0.667. The van der Waals surface area contributed by atoms with Crippen LogP contribution in [0.2, 0.25) is 0 Å². The molecule has 2 atom stereocenters. The number of pyridine rings is 1. The Kier molecular flexibility index (Phi) is 8.85. The average molecular weight is 470 g/mol. The van der Waals surface area contributed by atoms with Crippen molar-refractivity contribution in [1.82, 2.24) is 25.6 Å². The zero-order valence-electron chi connectivity index (χ0n) is 18.6. The normalized spacial score (nSPS) is 22.3. The van der Waals surface area contributed by atoms with Crippen LogP contribution < -0.4 is 15.8 Å². The molecule has 3 heterocycles. The molecule has 1 aromatic heterocycles. The molecule has 0 saturated carbocycles. The number of amides is 1. The van der Waals surface area contributed by atoms with Gasteiger partial charge in [0, 0.05) is 64.7 Å². The summed E-state index contributed by atoms with van der Waals surface area (Å²) in [7, 11) is 1.58. The van der Waals surface area contributed by atoms with Gasteiger partial charge in [0.2, 0.25) is 5.91 Å². The maximum atomic E-state index is 13.2. The van der Waals surface area contributed by atoms with Crippen molar-refractivity contribution in [2.24, 2.45) is 5.92 Å². The third-order valence-electron chi connectivity index (χ3n) is 6.03. The van der Waals surface area contributed by atoms with Crippen molar-refractivity contribution in [3.63, 3.8) is 0 Å². The van der Waals surface area contributed by atoms with E-state index in [0.717, 1.165) is 45.0 Å². The monoisotopic (exact) mass is 469 g/mol. The van der Waals surface area contributed by atoms with Crippen LogP contribution >= 0.6 is 0 Å². The van der Waals surface area contributed by atoms with E-state index in [2.05, 4.69) is 31.7 Å². The van der Waals surface area contributed by atoms with E-state index in [1.165, 1.54) is 4.90 Å². The summed E-state index contributed by atoms with van der Waals surface area (Å²) in [5.74, 6) is -2.23. The minimum atomic E-state index is -4.59. The maximum absolute atomic E-state index is 13.2. The molecule has 0 bridgehead atoms. The lowest BCUT2D eigenvalue weighted by Gasteiger charge is -2.38. The first-order valence-electron chi connectivity index (χ1n) is 11.0. The number of nitrogens with zero attached hydrogens (tertiary/aromatic N) is 5. The van der Waals surface area contributed by atoms with Crippen LogP contribution in [0.4, 0.5) is 19.0 Å². The lowest BCUT2D eigenvalue weighted by atomic mass is 9.95. The highest BCUT2D eigenvalue weighted by Crippen LogP contribution is 2.32. The minimum absolute atomic E-state index is 0.0242. The van der Waals surface area contributed by atoms with E-state index >= 15 is 0 Å². The number of likely N-dealkylation sites (N-methyl/N-ethyl adjacent to an activating group) is 1. The molecule has 33 heavy (non-hydrogen) atoms. The van der Waals surface area contributed by atoms with Crippen molar-refractivity contribution < 1.29 is 22.7 Å². The number of anilines is 1. The molecule has 9 nitrogen and oxygen atoms in total. The summed E-state index contributed by atoms with van der Waals surface area (Å²) in [6.45, 7) is 5.56. The van der Waals surface area contributed by atoms with Gasteiger partial charge in [-0.15, -0.1) is 0 Å². The zero-order valence-corrected chi connectivity index (χ0v) is 18.6. The molecule has 0 aromatic carbocycles. The van der Waals surface area contributed by atoms with Gasteiger partial charge in [0.1, 0.15) is 11.9 Å². The lowest BCUT2D eigenvalue weighted by molar-refractivity contribution is -0.199. The Labute approximate surface area is 191 Å². The van der Waals surface area contributed by atoms with Crippen LogP contribution in [-0.2, 0) is 9.53 Å². The van der Waals surface area contributed by atoms with Crippen LogP contribution in [0.5, 0.6) is 0 Å². The van der Waals surface area contributed by atoms with Crippen molar-refractivity contribution in [2.75, 3.05) is 71.0 Å². The number of piperazine rings is 1. The number of halogens is 3. The van der Waals surface area contributed by atoms with Crippen molar-refractivity contribution in [3.8, 4) is 6.07 Å². The predicted octanol–water partition coefficient (Wildman–Crippen LogP) is 0.595. The second-order valence-corrected chi connectivity index (χ2v) is 8.25. The van der Waals surface area contributed by atoms with Crippen LogP contribution in [0.25, 0.3) is 0 Å². The predicted molar refractivity (Wildman–Crippen MR) is 115 cm³/mol. The molecule has 2 aliphatic heterocycles. The number of carbonyl (C=O) groups is 1. The van der Waals surface area contributed by atoms with Crippen LogP contribution in [0.15, 0.2) is 18.3 Å². The number of aromatic nitrogens is 1. The van der Waals surface area contributed by atoms with E-state index in [1.54, 1.807) is 19.3 Å². The molecule has 12 heteroatoms. The van der Waals surface area contributed by atoms with E-state index in [-0.39, 0.29) is 6.54 Å². The summed E-state index contributed by atoms with van der Waals surface area (Å²) in [5, 5.41) is 8.87. The standard InChI is InChI=1S/C21H30F3N7O2/c1-29(17-15-27-28-20(32)19(17)21(22,23)24)10-12-33-11-2-5-30-6-8-31(9-7-30)18-4-3-16(13-25)14-26-18/h3-4,14,17,19,27H,2,5-12,15H2,1H3,(H,28,32). The molecule has 2 saturated heterocycles. The molecule has 3 rings (SSSR count). The first kappa shape index (κ1) is 25.2. The number of rotatable bonds is 9. The second-order valence-electron chi connectivity index (χ2n) is 8.25. The number of nitrogens with one attached hydrogen (secondary N) is 2. The molecule has 182 valence electrons.